The van der Waals surface area contributed by atoms with Crippen LogP contribution in [0.3, 0.4) is 0 Å². The van der Waals surface area contributed by atoms with Crippen molar-refractivity contribution in [3.63, 3.8) is 0 Å². The Morgan fingerprint density at radius 2 is 2.24 bits per heavy atom. The number of carbonyl (C=O) groups is 1. The third-order valence-electron chi connectivity index (χ3n) is 3.87. The second-order valence-corrected chi connectivity index (χ2v) is 5.53. The number of aliphatic hydroxyl groups excluding tert-OH is 1. The van der Waals surface area contributed by atoms with Crippen molar-refractivity contribution in [1.82, 2.24) is 10.2 Å². The van der Waals surface area contributed by atoms with Crippen molar-refractivity contribution in [1.29, 1.82) is 0 Å². The zero-order valence-corrected chi connectivity index (χ0v) is 10.4. The first kappa shape index (κ1) is 12.6. The summed E-state index contributed by atoms with van der Waals surface area (Å²) in [4.78, 5) is 12.9. The van der Waals surface area contributed by atoms with Gasteiger partial charge < -0.3 is 21.1 Å². The molecule has 5 nitrogen and oxygen atoms in total. The SMILES string of the molecule is CC(O)C1CC(NCC2CC2)CN(C(N)=O)C1. The Kier molecular flexibility index (Phi) is 3.89. The summed E-state index contributed by atoms with van der Waals surface area (Å²) < 4.78 is 0. The summed E-state index contributed by atoms with van der Waals surface area (Å²) in [6, 6.07) is -0.106. The van der Waals surface area contributed by atoms with Crippen LogP contribution in [0, 0.1) is 11.8 Å². The molecule has 3 unspecified atom stereocenters. The number of amides is 2. The normalized spacial score (nSPS) is 31.3. The van der Waals surface area contributed by atoms with E-state index in [1.165, 1.54) is 12.8 Å². The number of nitrogens with two attached hydrogens (primary N) is 1. The number of nitrogens with one attached hydrogen (secondary N) is 1. The first-order valence-electron chi connectivity index (χ1n) is 6.52. The number of urea groups is 1. The van der Waals surface area contributed by atoms with Gasteiger partial charge in [0.25, 0.3) is 0 Å². The molecule has 0 aromatic heterocycles. The molecule has 2 amide bonds. The molecule has 2 rings (SSSR count). The second-order valence-electron chi connectivity index (χ2n) is 5.53. The van der Waals surface area contributed by atoms with Crippen molar-refractivity contribution in [2.24, 2.45) is 17.6 Å². The van der Waals surface area contributed by atoms with Crippen LogP contribution in [-0.2, 0) is 0 Å². The number of likely N-dealkylation sites (tertiary alicyclic amines) is 1. The third kappa shape index (κ3) is 3.57. The molecule has 3 atom stereocenters. The van der Waals surface area contributed by atoms with E-state index in [1.54, 1.807) is 11.8 Å². The first-order chi connectivity index (χ1) is 8.06. The maximum Gasteiger partial charge on any atom is 0.314 e. The van der Waals surface area contributed by atoms with E-state index in [0.29, 0.717) is 13.1 Å². The summed E-state index contributed by atoms with van der Waals surface area (Å²) in [7, 11) is 0. The second kappa shape index (κ2) is 5.23. The fourth-order valence-corrected chi connectivity index (χ4v) is 2.47. The molecule has 2 fully saturated rings. The van der Waals surface area contributed by atoms with Crippen molar-refractivity contribution in [3.05, 3.63) is 0 Å². The highest BCUT2D eigenvalue weighted by atomic mass is 16.3. The van der Waals surface area contributed by atoms with Gasteiger partial charge >= 0.3 is 6.03 Å². The minimum Gasteiger partial charge on any atom is -0.393 e. The van der Waals surface area contributed by atoms with E-state index in [1.807, 2.05) is 0 Å². The number of carbonyl (C=O) groups excluding carboxylic acids is 1. The zero-order chi connectivity index (χ0) is 12.4. The summed E-state index contributed by atoms with van der Waals surface area (Å²) in [5.41, 5.74) is 5.34. The van der Waals surface area contributed by atoms with E-state index in [-0.39, 0.29) is 24.1 Å². The summed E-state index contributed by atoms with van der Waals surface area (Å²) >= 11 is 0. The molecule has 98 valence electrons. The number of piperidine rings is 1. The smallest absolute Gasteiger partial charge is 0.314 e. The standard InChI is InChI=1S/C12H23N3O2/c1-8(16)10-4-11(14-5-9-2-3-9)7-15(6-10)12(13)17/h8-11,14,16H,2-7H2,1H3,(H2,13,17). The summed E-state index contributed by atoms with van der Waals surface area (Å²) in [5.74, 6) is 0.955. The molecule has 0 aromatic carbocycles. The highest BCUT2D eigenvalue weighted by Gasteiger charge is 2.32. The van der Waals surface area contributed by atoms with Gasteiger partial charge in [-0.05, 0) is 38.6 Å². The van der Waals surface area contributed by atoms with E-state index in [9.17, 15) is 9.90 Å². The van der Waals surface area contributed by atoms with Crippen molar-refractivity contribution in [3.8, 4) is 0 Å². The lowest BCUT2D eigenvalue weighted by atomic mass is 9.90. The lowest BCUT2D eigenvalue weighted by Gasteiger charge is -2.38. The van der Waals surface area contributed by atoms with Gasteiger partial charge in [0.2, 0.25) is 0 Å². The minimum absolute atomic E-state index is 0.132. The zero-order valence-electron chi connectivity index (χ0n) is 10.4. The van der Waals surface area contributed by atoms with Crippen molar-refractivity contribution in [2.75, 3.05) is 19.6 Å². The van der Waals surface area contributed by atoms with Crippen LogP contribution in [0.15, 0.2) is 0 Å². The van der Waals surface area contributed by atoms with Crippen LogP contribution in [0.1, 0.15) is 26.2 Å². The lowest BCUT2D eigenvalue weighted by Crippen LogP contribution is -2.54. The van der Waals surface area contributed by atoms with Gasteiger partial charge in [-0.3, -0.25) is 0 Å². The van der Waals surface area contributed by atoms with Crippen LogP contribution in [0.25, 0.3) is 0 Å². The molecule has 1 aliphatic carbocycles. The molecule has 0 aromatic rings. The topological polar surface area (TPSA) is 78.6 Å². The molecule has 0 radical (unpaired) electrons. The fraction of sp³-hybridized carbons (Fsp3) is 0.917. The minimum atomic E-state index is -0.387. The summed E-state index contributed by atoms with van der Waals surface area (Å²) in [6.45, 7) is 4.07. The van der Waals surface area contributed by atoms with E-state index in [2.05, 4.69) is 5.32 Å². The van der Waals surface area contributed by atoms with Crippen LogP contribution >= 0.6 is 0 Å². The molecule has 1 saturated carbocycles. The Hall–Kier alpha value is -0.810. The monoisotopic (exact) mass is 241 g/mol. The molecular formula is C12H23N3O2. The van der Waals surface area contributed by atoms with Crippen molar-refractivity contribution in [2.45, 2.75) is 38.3 Å². The quantitative estimate of drug-likeness (QED) is 0.655. The molecule has 1 heterocycles. The van der Waals surface area contributed by atoms with Crippen LogP contribution in [0.2, 0.25) is 0 Å². The molecular weight excluding hydrogens is 218 g/mol. The average Bonchev–Trinajstić information content (AvgIpc) is 3.09. The lowest BCUT2D eigenvalue weighted by molar-refractivity contribution is 0.0622. The largest absolute Gasteiger partial charge is 0.393 e. The van der Waals surface area contributed by atoms with E-state index < -0.39 is 0 Å². The Labute approximate surface area is 102 Å². The Morgan fingerprint density at radius 3 is 2.76 bits per heavy atom. The summed E-state index contributed by atoms with van der Waals surface area (Å²) in [6.07, 6.45) is 3.18. The van der Waals surface area contributed by atoms with Gasteiger partial charge in [-0.2, -0.15) is 0 Å². The van der Waals surface area contributed by atoms with Gasteiger partial charge in [0.15, 0.2) is 0 Å². The van der Waals surface area contributed by atoms with Gasteiger partial charge in [-0.25, -0.2) is 4.79 Å². The Morgan fingerprint density at radius 1 is 1.53 bits per heavy atom. The van der Waals surface area contributed by atoms with Crippen LogP contribution in [-0.4, -0.2) is 47.8 Å². The number of hydrogen-bond acceptors (Lipinski definition) is 3. The maximum absolute atomic E-state index is 11.3. The van der Waals surface area contributed by atoms with Crippen LogP contribution in [0.5, 0.6) is 0 Å². The average molecular weight is 241 g/mol. The van der Waals surface area contributed by atoms with Gasteiger partial charge in [0.05, 0.1) is 6.10 Å². The number of primary amides is 1. The van der Waals surface area contributed by atoms with Gasteiger partial charge in [0, 0.05) is 25.0 Å². The molecule has 0 bridgehead atoms. The number of hydrogen-bond donors (Lipinski definition) is 3. The number of rotatable bonds is 4. The first-order valence-corrected chi connectivity index (χ1v) is 6.52. The van der Waals surface area contributed by atoms with E-state index >= 15 is 0 Å². The Bertz CT molecular complexity index is 279. The predicted octanol–water partition coefficient (Wildman–Crippen LogP) is 0.136. The fourth-order valence-electron chi connectivity index (χ4n) is 2.47. The van der Waals surface area contributed by atoms with E-state index in [0.717, 1.165) is 18.9 Å². The molecule has 2 aliphatic rings. The third-order valence-corrected chi connectivity index (χ3v) is 3.87. The Balaban J connectivity index is 1.87. The highest BCUT2D eigenvalue weighted by molar-refractivity contribution is 5.72. The summed E-state index contributed by atoms with van der Waals surface area (Å²) in [5, 5.41) is 13.2. The highest BCUT2D eigenvalue weighted by Crippen LogP contribution is 2.28. The molecule has 4 N–H and O–H groups in total. The van der Waals surface area contributed by atoms with Crippen molar-refractivity contribution >= 4 is 6.03 Å². The maximum atomic E-state index is 11.3. The number of aliphatic hydroxyl groups is 1. The van der Waals surface area contributed by atoms with Crippen molar-refractivity contribution < 1.29 is 9.90 Å². The predicted molar refractivity (Wildman–Crippen MR) is 65.5 cm³/mol. The van der Waals surface area contributed by atoms with Crippen LogP contribution < -0.4 is 11.1 Å². The molecule has 1 aliphatic heterocycles. The molecule has 5 heteroatoms. The molecule has 17 heavy (non-hydrogen) atoms. The van der Waals surface area contributed by atoms with Gasteiger partial charge in [-0.1, -0.05) is 0 Å². The van der Waals surface area contributed by atoms with E-state index in [4.69, 9.17) is 5.73 Å². The van der Waals surface area contributed by atoms with Gasteiger partial charge in [0.1, 0.15) is 0 Å². The van der Waals surface area contributed by atoms with Gasteiger partial charge in [-0.15, -0.1) is 0 Å². The number of nitrogens with zero attached hydrogens (tertiary/aromatic N) is 1. The molecule has 1 saturated heterocycles. The molecule has 0 spiro atoms. The van der Waals surface area contributed by atoms with Crippen LogP contribution in [0.4, 0.5) is 4.79 Å².